The zero-order valence-corrected chi connectivity index (χ0v) is 17.0. The molecule has 0 saturated carbocycles. The molecule has 1 N–H and O–H groups in total. The van der Waals surface area contributed by atoms with Gasteiger partial charge in [-0.3, -0.25) is 14.4 Å². The number of nitrogens with one attached hydrogen (secondary N) is 1. The third-order valence-electron chi connectivity index (χ3n) is 5.73. The molecular weight excluding hydrogens is 388 g/mol. The third-order valence-corrected chi connectivity index (χ3v) is 6.14. The first-order valence-electron chi connectivity index (χ1n) is 9.57. The Kier molecular flexibility index (Phi) is 5.01. The van der Waals surface area contributed by atoms with Crippen LogP contribution in [0.2, 0.25) is 5.02 Å². The highest BCUT2D eigenvalue weighted by Gasteiger charge is 2.49. The number of amides is 3. The molecule has 5 nitrogen and oxygen atoms in total. The lowest BCUT2D eigenvalue weighted by Crippen LogP contribution is -2.33. The van der Waals surface area contributed by atoms with Crippen LogP contribution in [0.1, 0.15) is 35.7 Å². The van der Waals surface area contributed by atoms with Gasteiger partial charge in [0, 0.05) is 10.7 Å². The summed E-state index contributed by atoms with van der Waals surface area (Å²) in [5, 5.41) is 3.40. The van der Waals surface area contributed by atoms with Crippen molar-refractivity contribution in [2.24, 2.45) is 11.8 Å². The smallest absolute Gasteiger partial charge is 0.257 e. The molecular formula is C23H21ClN2O3. The molecule has 1 aliphatic heterocycles. The standard InChI is InChI=1S/C23H21ClN2O3/c1-13-10-11-15-17(12-13)23(29)26(22(15)28)20-9-4-3-6-16(20)21(27)25-19-8-5-7-18(24)14(19)2/h3-10,15,17H,11-12H2,1-2H3,(H,25,27)/t15-,17+/m0/s1. The maximum Gasteiger partial charge on any atom is 0.257 e. The fourth-order valence-electron chi connectivity index (χ4n) is 4.07. The average Bonchev–Trinajstić information content (AvgIpc) is 2.95. The predicted octanol–water partition coefficient (Wildman–Crippen LogP) is 4.75. The predicted molar refractivity (Wildman–Crippen MR) is 113 cm³/mol. The number of hydrogen-bond donors (Lipinski definition) is 1. The van der Waals surface area contributed by atoms with E-state index in [1.165, 1.54) is 4.90 Å². The number of para-hydroxylation sites is 1. The van der Waals surface area contributed by atoms with Crippen LogP contribution in [0.25, 0.3) is 0 Å². The molecule has 0 radical (unpaired) electrons. The lowest BCUT2D eigenvalue weighted by atomic mass is 9.82. The van der Waals surface area contributed by atoms with Crippen molar-refractivity contribution in [3.63, 3.8) is 0 Å². The van der Waals surface area contributed by atoms with Crippen molar-refractivity contribution < 1.29 is 14.4 Å². The van der Waals surface area contributed by atoms with Crippen LogP contribution in [0.4, 0.5) is 11.4 Å². The van der Waals surface area contributed by atoms with E-state index < -0.39 is 5.91 Å². The zero-order chi connectivity index (χ0) is 20.7. The second-order valence-electron chi connectivity index (χ2n) is 7.60. The normalized spacial score (nSPS) is 21.1. The Morgan fingerprint density at radius 1 is 1.03 bits per heavy atom. The number of halogens is 1. The second-order valence-corrected chi connectivity index (χ2v) is 8.01. The molecule has 1 saturated heterocycles. The van der Waals surface area contributed by atoms with Gasteiger partial charge in [0.05, 0.1) is 23.1 Å². The Labute approximate surface area is 174 Å². The number of carbonyl (C=O) groups is 3. The van der Waals surface area contributed by atoms with Gasteiger partial charge in [-0.15, -0.1) is 0 Å². The van der Waals surface area contributed by atoms with Crippen molar-refractivity contribution in [3.8, 4) is 0 Å². The van der Waals surface area contributed by atoms with Crippen LogP contribution in [0.5, 0.6) is 0 Å². The van der Waals surface area contributed by atoms with Crippen LogP contribution in [-0.2, 0) is 9.59 Å². The molecule has 0 spiro atoms. The van der Waals surface area contributed by atoms with Gasteiger partial charge in [0.2, 0.25) is 11.8 Å². The van der Waals surface area contributed by atoms with E-state index in [1.807, 2.05) is 19.9 Å². The van der Waals surface area contributed by atoms with Crippen molar-refractivity contribution in [2.75, 3.05) is 10.2 Å². The minimum absolute atomic E-state index is 0.230. The number of imide groups is 1. The van der Waals surface area contributed by atoms with E-state index in [-0.39, 0.29) is 29.2 Å². The summed E-state index contributed by atoms with van der Waals surface area (Å²) in [6.45, 7) is 3.79. The first-order valence-corrected chi connectivity index (χ1v) is 9.95. The molecule has 29 heavy (non-hydrogen) atoms. The molecule has 2 aromatic carbocycles. The highest BCUT2D eigenvalue weighted by molar-refractivity contribution is 6.32. The highest BCUT2D eigenvalue weighted by atomic mass is 35.5. The number of rotatable bonds is 3. The monoisotopic (exact) mass is 408 g/mol. The van der Waals surface area contributed by atoms with Gasteiger partial charge in [0.15, 0.2) is 0 Å². The van der Waals surface area contributed by atoms with Gasteiger partial charge >= 0.3 is 0 Å². The summed E-state index contributed by atoms with van der Waals surface area (Å²) in [5.74, 6) is -1.55. The number of hydrogen-bond acceptors (Lipinski definition) is 3. The minimum atomic E-state index is -0.393. The van der Waals surface area contributed by atoms with Gasteiger partial charge < -0.3 is 5.32 Å². The summed E-state index contributed by atoms with van der Waals surface area (Å²) in [4.78, 5) is 40.3. The fraction of sp³-hybridized carbons (Fsp3) is 0.261. The van der Waals surface area contributed by atoms with Crippen LogP contribution >= 0.6 is 11.6 Å². The van der Waals surface area contributed by atoms with E-state index in [4.69, 9.17) is 11.6 Å². The van der Waals surface area contributed by atoms with Crippen molar-refractivity contribution in [3.05, 3.63) is 70.3 Å². The summed E-state index contributed by atoms with van der Waals surface area (Å²) in [6.07, 6.45) is 3.17. The van der Waals surface area contributed by atoms with Crippen LogP contribution < -0.4 is 10.2 Å². The van der Waals surface area contributed by atoms with Crippen molar-refractivity contribution >= 4 is 40.7 Å². The summed E-state index contributed by atoms with van der Waals surface area (Å²) in [7, 11) is 0. The van der Waals surface area contributed by atoms with Crippen molar-refractivity contribution in [2.45, 2.75) is 26.7 Å². The summed E-state index contributed by atoms with van der Waals surface area (Å²) in [5.41, 5.74) is 3.06. The molecule has 0 bridgehead atoms. The average molecular weight is 409 g/mol. The van der Waals surface area contributed by atoms with E-state index in [1.54, 1.807) is 42.5 Å². The van der Waals surface area contributed by atoms with E-state index in [0.29, 0.717) is 29.2 Å². The summed E-state index contributed by atoms with van der Waals surface area (Å²) >= 11 is 6.14. The third kappa shape index (κ3) is 3.36. The molecule has 3 amide bonds. The number of benzene rings is 2. The molecule has 148 valence electrons. The Bertz CT molecular complexity index is 1060. The minimum Gasteiger partial charge on any atom is -0.322 e. The number of nitrogens with zero attached hydrogens (tertiary/aromatic N) is 1. The Balaban J connectivity index is 1.67. The van der Waals surface area contributed by atoms with Crippen molar-refractivity contribution in [1.29, 1.82) is 0 Å². The van der Waals surface area contributed by atoms with Gasteiger partial charge in [-0.2, -0.15) is 0 Å². The molecule has 1 fully saturated rings. The largest absolute Gasteiger partial charge is 0.322 e. The molecule has 6 heteroatoms. The van der Waals surface area contributed by atoms with Gasteiger partial charge in [0.1, 0.15) is 0 Å². The lowest BCUT2D eigenvalue weighted by Gasteiger charge is -2.19. The molecule has 2 atom stereocenters. The highest BCUT2D eigenvalue weighted by Crippen LogP contribution is 2.40. The van der Waals surface area contributed by atoms with Crippen LogP contribution in [0, 0.1) is 18.8 Å². The molecule has 0 aromatic heterocycles. The van der Waals surface area contributed by atoms with E-state index in [9.17, 15) is 14.4 Å². The van der Waals surface area contributed by atoms with Crippen LogP contribution in [0.15, 0.2) is 54.1 Å². The molecule has 1 heterocycles. The first kappa shape index (κ1) is 19.4. The fourth-order valence-corrected chi connectivity index (χ4v) is 4.24. The molecule has 4 rings (SSSR count). The van der Waals surface area contributed by atoms with Gasteiger partial charge in [-0.1, -0.05) is 41.4 Å². The van der Waals surface area contributed by atoms with E-state index >= 15 is 0 Å². The van der Waals surface area contributed by atoms with Crippen molar-refractivity contribution in [1.82, 2.24) is 0 Å². The Morgan fingerprint density at radius 3 is 2.55 bits per heavy atom. The van der Waals surface area contributed by atoms with E-state index in [0.717, 1.165) is 11.1 Å². The number of fused-ring (bicyclic) bond motifs is 1. The Morgan fingerprint density at radius 2 is 1.76 bits per heavy atom. The van der Waals surface area contributed by atoms with E-state index in [2.05, 4.69) is 5.32 Å². The van der Waals surface area contributed by atoms with Crippen LogP contribution in [0.3, 0.4) is 0 Å². The SMILES string of the molecule is CC1=CC[C@@H]2C(=O)N(c3ccccc3C(=O)Nc3cccc(Cl)c3C)C(=O)[C@@H]2C1. The first-order chi connectivity index (χ1) is 13.9. The quantitative estimate of drug-likeness (QED) is 0.588. The van der Waals surface area contributed by atoms with Crippen LogP contribution in [-0.4, -0.2) is 17.7 Å². The summed E-state index contributed by atoms with van der Waals surface area (Å²) in [6, 6.07) is 12.0. The Hall–Kier alpha value is -2.92. The molecule has 1 aliphatic carbocycles. The van der Waals surface area contributed by atoms with Gasteiger partial charge in [-0.25, -0.2) is 4.90 Å². The number of allylic oxidation sites excluding steroid dienone is 2. The lowest BCUT2D eigenvalue weighted by molar-refractivity contribution is -0.122. The topological polar surface area (TPSA) is 66.5 Å². The molecule has 2 aliphatic rings. The second kappa shape index (κ2) is 7.48. The molecule has 2 aromatic rings. The maximum atomic E-state index is 13.1. The summed E-state index contributed by atoms with van der Waals surface area (Å²) < 4.78 is 0. The van der Waals surface area contributed by atoms with Gasteiger partial charge in [0.25, 0.3) is 5.91 Å². The maximum absolute atomic E-state index is 13.1. The van der Waals surface area contributed by atoms with Gasteiger partial charge in [-0.05, 0) is 56.5 Å². The number of carbonyl (C=O) groups excluding carboxylic acids is 3. The zero-order valence-electron chi connectivity index (χ0n) is 16.2. The molecule has 0 unspecified atom stereocenters. The number of anilines is 2.